The maximum Gasteiger partial charge on any atom is 0.267 e. The van der Waals surface area contributed by atoms with Crippen molar-refractivity contribution in [2.24, 2.45) is 5.92 Å². The number of H-pyrrole nitrogens is 1. The standard InChI is InChI=1S/C28H31N3O4/c32-17-22(15-21-16-29-25-7-2-1-6-23(21)25)31(28(34)19-4-3-5-19)26-12-10-20-14-18(8-11-24(20)26)9-13-27(33)30-35/h1-2,6-9,11,13-14,16,19,22,26,29,32,35H,3-5,10,12,15,17H2,(H,30,33)/b13-9+/t22-,26+/m0/s1. The number of carbonyl (C=O) groups excluding carboxylic acids is 2. The van der Waals surface area contributed by atoms with Gasteiger partial charge in [0.25, 0.3) is 5.91 Å². The molecule has 1 heterocycles. The van der Waals surface area contributed by atoms with Gasteiger partial charge >= 0.3 is 0 Å². The Labute approximate surface area is 204 Å². The summed E-state index contributed by atoms with van der Waals surface area (Å²) in [5, 5.41) is 20.3. The van der Waals surface area contributed by atoms with E-state index in [9.17, 15) is 14.7 Å². The van der Waals surface area contributed by atoms with E-state index in [4.69, 9.17) is 5.21 Å². The minimum Gasteiger partial charge on any atom is -0.394 e. The van der Waals surface area contributed by atoms with Gasteiger partial charge in [-0.25, -0.2) is 5.48 Å². The maximum atomic E-state index is 13.7. The van der Waals surface area contributed by atoms with Gasteiger partial charge in [0.1, 0.15) is 0 Å². The van der Waals surface area contributed by atoms with Crippen molar-refractivity contribution in [2.75, 3.05) is 6.61 Å². The van der Waals surface area contributed by atoms with E-state index >= 15 is 0 Å². The van der Waals surface area contributed by atoms with Gasteiger partial charge < -0.3 is 15.0 Å². The number of aromatic nitrogens is 1. The number of hydrogen-bond donors (Lipinski definition) is 4. The van der Waals surface area contributed by atoms with E-state index in [1.165, 1.54) is 6.08 Å². The second-order valence-electron chi connectivity index (χ2n) is 9.60. The summed E-state index contributed by atoms with van der Waals surface area (Å²) in [5.74, 6) is -0.393. The number of nitrogens with zero attached hydrogens (tertiary/aromatic N) is 1. The van der Waals surface area contributed by atoms with Crippen LogP contribution in [0.4, 0.5) is 0 Å². The quantitative estimate of drug-likeness (QED) is 0.226. The van der Waals surface area contributed by atoms with Crippen molar-refractivity contribution in [1.29, 1.82) is 0 Å². The molecule has 2 aliphatic rings. The number of amides is 2. The number of para-hydroxylation sites is 1. The number of hydrogen-bond acceptors (Lipinski definition) is 4. The topological polar surface area (TPSA) is 106 Å². The molecule has 2 aromatic carbocycles. The zero-order chi connectivity index (χ0) is 24.4. The Balaban J connectivity index is 1.45. The predicted octanol–water partition coefficient (Wildman–Crippen LogP) is 3.91. The number of aliphatic hydroxyl groups is 1. The van der Waals surface area contributed by atoms with Gasteiger partial charge in [0.15, 0.2) is 0 Å². The lowest BCUT2D eigenvalue weighted by Gasteiger charge is -2.40. The molecule has 7 heteroatoms. The number of hydroxylamine groups is 1. The Bertz CT molecular complexity index is 1260. The van der Waals surface area contributed by atoms with Gasteiger partial charge in [-0.3, -0.25) is 14.8 Å². The summed E-state index contributed by atoms with van der Waals surface area (Å²) in [6.45, 7) is -0.0963. The lowest BCUT2D eigenvalue weighted by Crippen LogP contribution is -2.49. The van der Waals surface area contributed by atoms with Crippen LogP contribution in [0.5, 0.6) is 0 Å². The fraction of sp³-hybridized carbons (Fsp3) is 0.357. The summed E-state index contributed by atoms with van der Waals surface area (Å²) < 4.78 is 0. The van der Waals surface area contributed by atoms with Crippen molar-refractivity contribution < 1.29 is 19.9 Å². The van der Waals surface area contributed by atoms with E-state index in [0.29, 0.717) is 6.42 Å². The first-order valence-corrected chi connectivity index (χ1v) is 12.3. The highest BCUT2D eigenvalue weighted by atomic mass is 16.5. The third-order valence-electron chi connectivity index (χ3n) is 7.53. The maximum absolute atomic E-state index is 13.7. The Hall–Kier alpha value is -3.42. The number of benzene rings is 2. The van der Waals surface area contributed by atoms with Crippen LogP contribution in [0.1, 0.15) is 54.0 Å². The highest BCUT2D eigenvalue weighted by molar-refractivity contribution is 5.90. The van der Waals surface area contributed by atoms with E-state index in [2.05, 4.69) is 11.1 Å². The first kappa shape index (κ1) is 23.3. The van der Waals surface area contributed by atoms with E-state index in [-0.39, 0.29) is 30.5 Å². The third kappa shape index (κ3) is 4.61. The number of nitrogens with one attached hydrogen (secondary N) is 2. The van der Waals surface area contributed by atoms with Crippen molar-refractivity contribution in [3.8, 4) is 0 Å². The highest BCUT2D eigenvalue weighted by Crippen LogP contribution is 2.41. The van der Waals surface area contributed by atoms with Crippen LogP contribution in [-0.2, 0) is 22.4 Å². The zero-order valence-corrected chi connectivity index (χ0v) is 19.6. The minimum atomic E-state index is -0.580. The smallest absolute Gasteiger partial charge is 0.267 e. The second-order valence-corrected chi connectivity index (χ2v) is 9.60. The van der Waals surface area contributed by atoms with Crippen LogP contribution in [0.2, 0.25) is 0 Å². The molecule has 2 atom stereocenters. The number of aromatic amines is 1. The minimum absolute atomic E-state index is 0.0373. The van der Waals surface area contributed by atoms with Gasteiger partial charge in [0.05, 0.1) is 18.7 Å². The fourth-order valence-electron chi connectivity index (χ4n) is 5.48. The normalized spacial score (nSPS) is 18.4. The van der Waals surface area contributed by atoms with Gasteiger partial charge in [-0.05, 0) is 66.5 Å². The molecule has 0 aliphatic heterocycles. The summed E-state index contributed by atoms with van der Waals surface area (Å²) in [7, 11) is 0. The molecular formula is C28H31N3O4. The monoisotopic (exact) mass is 473 g/mol. The molecule has 0 spiro atoms. The lowest BCUT2D eigenvalue weighted by molar-refractivity contribution is -0.144. The molecule has 2 amide bonds. The number of fused-ring (bicyclic) bond motifs is 2. The van der Waals surface area contributed by atoms with Crippen molar-refractivity contribution in [1.82, 2.24) is 15.4 Å². The molecule has 1 fully saturated rings. The molecule has 2 aliphatic carbocycles. The highest BCUT2D eigenvalue weighted by Gasteiger charge is 2.40. The van der Waals surface area contributed by atoms with E-state index in [1.807, 2.05) is 47.5 Å². The van der Waals surface area contributed by atoms with E-state index in [1.54, 1.807) is 11.6 Å². The van der Waals surface area contributed by atoms with E-state index in [0.717, 1.165) is 65.3 Å². The number of carbonyl (C=O) groups is 2. The van der Waals surface area contributed by atoms with Gasteiger partial charge in [0.2, 0.25) is 5.91 Å². The van der Waals surface area contributed by atoms with Crippen molar-refractivity contribution >= 4 is 28.8 Å². The average Bonchev–Trinajstić information content (AvgIpc) is 3.45. The van der Waals surface area contributed by atoms with Crippen LogP contribution in [0.15, 0.2) is 54.7 Å². The molecule has 3 aromatic rings. The predicted molar refractivity (Wildman–Crippen MR) is 134 cm³/mol. The van der Waals surface area contributed by atoms with Gasteiger partial charge in [0, 0.05) is 29.1 Å². The molecule has 4 N–H and O–H groups in total. The summed E-state index contributed by atoms with van der Waals surface area (Å²) >= 11 is 0. The molecule has 35 heavy (non-hydrogen) atoms. The van der Waals surface area contributed by atoms with Crippen LogP contribution in [0.3, 0.4) is 0 Å². The van der Waals surface area contributed by atoms with Gasteiger partial charge in [-0.1, -0.05) is 42.8 Å². The van der Waals surface area contributed by atoms with Crippen LogP contribution in [0.25, 0.3) is 17.0 Å². The molecule has 0 radical (unpaired) electrons. The van der Waals surface area contributed by atoms with Crippen LogP contribution in [0, 0.1) is 5.92 Å². The second kappa shape index (κ2) is 10.1. The number of aryl methyl sites for hydroxylation is 1. The Morgan fingerprint density at radius 2 is 2.00 bits per heavy atom. The van der Waals surface area contributed by atoms with Gasteiger partial charge in [-0.15, -0.1) is 0 Å². The average molecular weight is 474 g/mol. The first-order valence-electron chi connectivity index (χ1n) is 12.3. The number of aliphatic hydroxyl groups excluding tert-OH is 1. The summed E-state index contributed by atoms with van der Waals surface area (Å²) in [6, 6.07) is 13.7. The molecular weight excluding hydrogens is 442 g/mol. The van der Waals surface area contributed by atoms with Crippen molar-refractivity contribution in [3.63, 3.8) is 0 Å². The van der Waals surface area contributed by atoms with Crippen LogP contribution in [-0.4, -0.2) is 44.7 Å². The summed E-state index contributed by atoms with van der Waals surface area (Å²) in [6.07, 6.45) is 10.1. The van der Waals surface area contributed by atoms with Gasteiger partial charge in [-0.2, -0.15) is 0 Å². The molecule has 182 valence electrons. The summed E-state index contributed by atoms with van der Waals surface area (Å²) in [4.78, 5) is 30.3. The number of rotatable bonds is 8. The molecule has 0 bridgehead atoms. The fourth-order valence-corrected chi connectivity index (χ4v) is 5.48. The third-order valence-corrected chi connectivity index (χ3v) is 7.53. The van der Waals surface area contributed by atoms with Crippen LogP contribution >= 0.6 is 0 Å². The first-order chi connectivity index (χ1) is 17.1. The Morgan fingerprint density at radius 1 is 1.17 bits per heavy atom. The zero-order valence-electron chi connectivity index (χ0n) is 19.6. The molecule has 7 nitrogen and oxygen atoms in total. The largest absolute Gasteiger partial charge is 0.394 e. The van der Waals surface area contributed by atoms with Crippen molar-refractivity contribution in [3.05, 3.63) is 77.0 Å². The summed E-state index contributed by atoms with van der Waals surface area (Å²) in [5.41, 5.74) is 6.88. The Kier molecular flexibility index (Phi) is 6.70. The molecule has 0 unspecified atom stereocenters. The molecule has 5 rings (SSSR count). The van der Waals surface area contributed by atoms with E-state index < -0.39 is 5.91 Å². The van der Waals surface area contributed by atoms with Crippen LogP contribution < -0.4 is 5.48 Å². The molecule has 1 saturated carbocycles. The lowest BCUT2D eigenvalue weighted by atomic mass is 9.83. The van der Waals surface area contributed by atoms with Crippen molar-refractivity contribution in [2.45, 2.75) is 50.6 Å². The molecule has 0 saturated heterocycles. The molecule has 1 aromatic heterocycles. The Morgan fingerprint density at radius 3 is 2.74 bits per heavy atom. The SMILES string of the molecule is O=C(/C=C/c1ccc2c(c1)CC[C@H]2N(C(=O)C1CCC1)[C@H](CO)Cc1c[nH]c2ccccc12)NO.